The van der Waals surface area contributed by atoms with Crippen LogP contribution in [0.4, 0.5) is 4.79 Å². The molecule has 1 aliphatic rings. The number of likely N-dealkylation sites (tertiary alicyclic amines) is 1. The topological polar surface area (TPSA) is 144 Å². The molecule has 1 aromatic heterocycles. The Bertz CT molecular complexity index is 1450. The van der Waals surface area contributed by atoms with Gasteiger partial charge in [-0.2, -0.15) is 0 Å². The smallest absolute Gasteiger partial charge is 0.408 e. The van der Waals surface area contributed by atoms with E-state index < -0.39 is 35.9 Å². The van der Waals surface area contributed by atoms with Gasteiger partial charge in [-0.15, -0.1) is 10.2 Å². The minimum Gasteiger partial charge on any atom is -0.445 e. The molecule has 44 heavy (non-hydrogen) atoms. The Labute approximate surface area is 257 Å². The number of alkyl carbamates (subject to hydrolysis) is 1. The molecule has 3 atom stereocenters. The zero-order valence-corrected chi connectivity index (χ0v) is 25.4. The molecule has 0 radical (unpaired) electrons. The lowest BCUT2D eigenvalue weighted by atomic mass is 9.98. The molecule has 2 aromatic carbocycles. The van der Waals surface area contributed by atoms with Crippen LogP contribution < -0.4 is 10.6 Å². The fraction of sp³-hybridized carbons (Fsp3) is 0.394. The molecule has 3 amide bonds. The van der Waals surface area contributed by atoms with Crippen molar-refractivity contribution >= 4 is 35.8 Å². The number of hydrogen-bond acceptors (Lipinski definition) is 8. The summed E-state index contributed by atoms with van der Waals surface area (Å²) in [7, 11) is 0. The summed E-state index contributed by atoms with van der Waals surface area (Å²) in [5.74, 6) is -1.96. The van der Waals surface area contributed by atoms with Crippen LogP contribution in [-0.2, 0) is 20.9 Å². The van der Waals surface area contributed by atoms with Gasteiger partial charge in [0.15, 0.2) is 0 Å². The monoisotopic (exact) mass is 601 g/mol. The lowest BCUT2D eigenvalue weighted by Crippen LogP contribution is -2.57. The van der Waals surface area contributed by atoms with E-state index in [1.165, 1.54) is 4.90 Å². The Morgan fingerprint density at radius 1 is 0.909 bits per heavy atom. The molecule has 4 rings (SSSR count). The van der Waals surface area contributed by atoms with Crippen molar-refractivity contribution in [1.82, 2.24) is 25.7 Å². The Kier molecular flexibility index (Phi) is 11.0. The lowest BCUT2D eigenvalue weighted by molar-refractivity contribution is -0.141. The van der Waals surface area contributed by atoms with Gasteiger partial charge in [-0.05, 0) is 41.9 Å². The summed E-state index contributed by atoms with van der Waals surface area (Å²) in [5, 5.41) is 13.3. The summed E-state index contributed by atoms with van der Waals surface area (Å²) >= 11 is 0. The van der Waals surface area contributed by atoms with Crippen molar-refractivity contribution < 1.29 is 28.3 Å². The van der Waals surface area contributed by atoms with E-state index >= 15 is 0 Å². The van der Waals surface area contributed by atoms with Crippen LogP contribution in [0, 0.1) is 11.8 Å². The SMILES string of the molecule is CC(C)[C@H](NC(=O)OCc1ccccc1)C(=O)N1CCC[C@H]1C(=O)N[C@@H](C(=O)c1nnc(/C=C/c2ccccc2)o1)C(C)C. The van der Waals surface area contributed by atoms with Crippen LogP contribution in [-0.4, -0.2) is 63.5 Å². The average Bonchev–Trinajstić information content (AvgIpc) is 3.71. The van der Waals surface area contributed by atoms with E-state index in [1.807, 2.05) is 74.5 Å². The van der Waals surface area contributed by atoms with Gasteiger partial charge in [-0.3, -0.25) is 14.4 Å². The minimum absolute atomic E-state index is 0.0654. The first-order chi connectivity index (χ1) is 21.1. The number of carbonyl (C=O) groups excluding carboxylic acids is 4. The number of nitrogens with one attached hydrogen (secondary N) is 2. The second kappa shape index (κ2) is 15.1. The quantitative estimate of drug-likeness (QED) is 0.289. The second-order valence-corrected chi connectivity index (χ2v) is 11.4. The number of ether oxygens (including phenoxy) is 1. The van der Waals surface area contributed by atoms with Crippen LogP contribution in [0.5, 0.6) is 0 Å². The molecular weight excluding hydrogens is 562 g/mol. The van der Waals surface area contributed by atoms with E-state index in [1.54, 1.807) is 26.0 Å². The van der Waals surface area contributed by atoms with Gasteiger partial charge in [0, 0.05) is 12.6 Å². The highest BCUT2D eigenvalue weighted by atomic mass is 16.5. The van der Waals surface area contributed by atoms with E-state index in [0.29, 0.717) is 19.4 Å². The summed E-state index contributed by atoms with van der Waals surface area (Å²) in [6, 6.07) is 16.1. The van der Waals surface area contributed by atoms with E-state index in [2.05, 4.69) is 20.8 Å². The molecule has 232 valence electrons. The Hall–Kier alpha value is -4.80. The fourth-order valence-corrected chi connectivity index (χ4v) is 4.94. The number of Topliss-reactive ketones (excluding diaryl/α,β-unsaturated/α-hetero) is 1. The van der Waals surface area contributed by atoms with Crippen LogP contribution in [0.15, 0.2) is 65.1 Å². The molecule has 0 unspecified atom stereocenters. The van der Waals surface area contributed by atoms with E-state index in [0.717, 1.165) is 11.1 Å². The van der Waals surface area contributed by atoms with Gasteiger partial charge < -0.3 is 24.7 Å². The molecule has 0 aliphatic carbocycles. The molecular formula is C33H39N5O6. The average molecular weight is 602 g/mol. The van der Waals surface area contributed by atoms with Gasteiger partial charge in [-0.25, -0.2) is 4.79 Å². The number of aromatic nitrogens is 2. The van der Waals surface area contributed by atoms with Gasteiger partial charge in [0.2, 0.25) is 23.5 Å². The minimum atomic E-state index is -0.946. The summed E-state index contributed by atoms with van der Waals surface area (Å²) in [5.41, 5.74) is 1.75. The Morgan fingerprint density at radius 2 is 1.57 bits per heavy atom. The third-order valence-corrected chi connectivity index (χ3v) is 7.37. The van der Waals surface area contributed by atoms with Crippen LogP contribution in [0.2, 0.25) is 0 Å². The zero-order valence-electron chi connectivity index (χ0n) is 25.4. The summed E-state index contributed by atoms with van der Waals surface area (Å²) in [6.07, 6.45) is 3.71. The largest absolute Gasteiger partial charge is 0.445 e. The van der Waals surface area contributed by atoms with E-state index in [4.69, 9.17) is 9.15 Å². The number of amides is 3. The maximum Gasteiger partial charge on any atom is 0.408 e. The molecule has 0 saturated carbocycles. The van der Waals surface area contributed by atoms with Crippen LogP contribution in [0.25, 0.3) is 12.2 Å². The molecule has 0 bridgehead atoms. The molecule has 11 nitrogen and oxygen atoms in total. The number of rotatable bonds is 12. The molecule has 0 spiro atoms. The summed E-state index contributed by atoms with van der Waals surface area (Å²) < 4.78 is 10.9. The van der Waals surface area contributed by atoms with Gasteiger partial charge in [-0.1, -0.05) is 88.4 Å². The first-order valence-corrected chi connectivity index (χ1v) is 14.8. The number of nitrogens with zero attached hydrogens (tertiary/aromatic N) is 3. The van der Waals surface area contributed by atoms with Crippen molar-refractivity contribution in [2.24, 2.45) is 11.8 Å². The standard InChI is InChI=1S/C33H39N5O6/c1-21(2)27(29(39)31-37-36-26(44-31)18-17-23-12-7-5-8-13-23)34-30(40)25-16-11-19-38(25)32(41)28(22(3)4)35-33(42)43-20-24-14-9-6-10-15-24/h5-10,12-15,17-18,21-22,25,27-28H,11,16,19-20H2,1-4H3,(H,34,40)(H,35,42)/b18-17+/t25-,27+,28-/m0/s1. The third kappa shape index (κ3) is 8.40. The molecule has 2 heterocycles. The molecule has 1 saturated heterocycles. The number of hydrogen-bond donors (Lipinski definition) is 2. The molecule has 2 N–H and O–H groups in total. The Morgan fingerprint density at radius 3 is 2.23 bits per heavy atom. The van der Waals surface area contributed by atoms with Crippen molar-refractivity contribution in [3.8, 4) is 0 Å². The number of carbonyl (C=O) groups is 4. The van der Waals surface area contributed by atoms with Gasteiger partial charge in [0.05, 0.1) is 6.04 Å². The molecule has 1 fully saturated rings. The van der Waals surface area contributed by atoms with E-state index in [9.17, 15) is 19.2 Å². The second-order valence-electron chi connectivity index (χ2n) is 11.4. The summed E-state index contributed by atoms with van der Waals surface area (Å²) in [6.45, 7) is 7.64. The maximum absolute atomic E-state index is 13.6. The fourth-order valence-electron chi connectivity index (χ4n) is 4.94. The maximum atomic E-state index is 13.6. The van der Waals surface area contributed by atoms with Crippen LogP contribution in [0.3, 0.4) is 0 Å². The predicted octanol–water partition coefficient (Wildman–Crippen LogP) is 4.51. The van der Waals surface area contributed by atoms with Gasteiger partial charge in [0.1, 0.15) is 18.7 Å². The van der Waals surface area contributed by atoms with Crippen molar-refractivity contribution in [2.45, 2.75) is 65.3 Å². The normalized spacial score (nSPS) is 16.2. The lowest BCUT2D eigenvalue weighted by Gasteiger charge is -2.31. The first kappa shape index (κ1) is 32.1. The highest BCUT2D eigenvalue weighted by Crippen LogP contribution is 2.22. The molecule has 11 heteroatoms. The van der Waals surface area contributed by atoms with Crippen LogP contribution in [0.1, 0.15) is 68.2 Å². The molecule has 1 aliphatic heterocycles. The van der Waals surface area contributed by atoms with Crippen molar-refractivity contribution in [3.63, 3.8) is 0 Å². The highest BCUT2D eigenvalue weighted by molar-refractivity contribution is 6.00. The van der Waals surface area contributed by atoms with Crippen molar-refractivity contribution in [2.75, 3.05) is 6.54 Å². The van der Waals surface area contributed by atoms with Gasteiger partial charge in [0.25, 0.3) is 5.89 Å². The van der Waals surface area contributed by atoms with Crippen molar-refractivity contribution in [1.29, 1.82) is 0 Å². The summed E-state index contributed by atoms with van der Waals surface area (Å²) in [4.78, 5) is 54.5. The van der Waals surface area contributed by atoms with Crippen LogP contribution >= 0.6 is 0 Å². The van der Waals surface area contributed by atoms with Gasteiger partial charge >= 0.3 is 6.09 Å². The van der Waals surface area contributed by atoms with Crippen molar-refractivity contribution in [3.05, 3.63) is 83.6 Å². The predicted molar refractivity (Wildman–Crippen MR) is 164 cm³/mol. The third-order valence-electron chi connectivity index (χ3n) is 7.37. The number of benzene rings is 2. The highest BCUT2D eigenvalue weighted by Gasteiger charge is 2.40. The number of ketones is 1. The molecule has 3 aromatic rings. The van der Waals surface area contributed by atoms with E-state index in [-0.39, 0.29) is 36.1 Å². The first-order valence-electron chi connectivity index (χ1n) is 14.8. The zero-order chi connectivity index (χ0) is 31.6. The Balaban J connectivity index is 1.39.